The molecule has 0 aromatic heterocycles. The molecule has 0 amide bonds. The van der Waals surface area contributed by atoms with E-state index in [1.165, 1.54) is 25.9 Å². The van der Waals surface area contributed by atoms with Gasteiger partial charge in [-0.2, -0.15) is 0 Å². The first-order chi connectivity index (χ1) is 8.29. The van der Waals surface area contributed by atoms with Gasteiger partial charge in [0.15, 0.2) is 0 Å². The number of ether oxygens (including phenoxy) is 2. The summed E-state index contributed by atoms with van der Waals surface area (Å²) in [7, 11) is 0. The summed E-state index contributed by atoms with van der Waals surface area (Å²) in [6.07, 6.45) is 6.23. The fourth-order valence-electron chi connectivity index (χ4n) is 3.55. The van der Waals surface area contributed by atoms with Crippen molar-refractivity contribution in [2.24, 2.45) is 0 Å². The van der Waals surface area contributed by atoms with Crippen molar-refractivity contribution in [3.05, 3.63) is 0 Å². The second-order valence-electron chi connectivity index (χ2n) is 6.26. The zero-order chi connectivity index (χ0) is 11.3. The maximum Gasteiger partial charge on any atom is 0.122 e. The van der Waals surface area contributed by atoms with Gasteiger partial charge in [0.2, 0.25) is 0 Å². The number of rotatable bonds is 1. The molecule has 0 radical (unpaired) electrons. The lowest BCUT2D eigenvalue weighted by atomic mass is 9.86. The minimum atomic E-state index is -0.0343. The van der Waals surface area contributed by atoms with Gasteiger partial charge in [-0.15, -0.1) is 0 Å². The van der Waals surface area contributed by atoms with Crippen LogP contribution in [0.1, 0.15) is 32.1 Å². The highest BCUT2D eigenvalue weighted by atomic mass is 16.5. The Morgan fingerprint density at radius 2 is 1.82 bits per heavy atom. The van der Waals surface area contributed by atoms with Crippen molar-refractivity contribution in [2.45, 2.75) is 49.4 Å². The first-order valence-corrected chi connectivity index (χ1v) is 7.05. The van der Waals surface area contributed by atoms with Crippen LogP contribution < -0.4 is 5.32 Å². The van der Waals surface area contributed by atoms with Gasteiger partial charge in [-0.1, -0.05) is 0 Å². The molecule has 1 saturated carbocycles. The van der Waals surface area contributed by atoms with Crippen molar-refractivity contribution in [2.75, 3.05) is 32.9 Å². The molecule has 4 fully saturated rings. The lowest BCUT2D eigenvalue weighted by Crippen LogP contribution is -2.73. The molecule has 17 heavy (non-hydrogen) atoms. The average Bonchev–Trinajstić information content (AvgIpc) is 3.12. The Bertz CT molecular complexity index is 305. The van der Waals surface area contributed by atoms with Crippen LogP contribution in [0.4, 0.5) is 0 Å². The summed E-state index contributed by atoms with van der Waals surface area (Å²) in [6.45, 7) is 5.07. The highest BCUT2D eigenvalue weighted by Gasteiger charge is 2.50. The van der Waals surface area contributed by atoms with E-state index in [0.717, 1.165) is 45.1 Å². The van der Waals surface area contributed by atoms with Crippen LogP contribution in [0.5, 0.6) is 0 Å². The van der Waals surface area contributed by atoms with Crippen LogP contribution in [0.2, 0.25) is 0 Å². The molecule has 0 unspecified atom stereocenters. The monoisotopic (exact) mass is 238 g/mol. The van der Waals surface area contributed by atoms with E-state index in [-0.39, 0.29) is 11.3 Å². The number of hydrogen-bond donors (Lipinski definition) is 1. The zero-order valence-corrected chi connectivity index (χ0v) is 10.4. The van der Waals surface area contributed by atoms with Crippen LogP contribution >= 0.6 is 0 Å². The van der Waals surface area contributed by atoms with Crippen molar-refractivity contribution < 1.29 is 9.47 Å². The molecule has 1 N–H and O–H groups in total. The van der Waals surface area contributed by atoms with Gasteiger partial charge in [0.1, 0.15) is 5.72 Å². The van der Waals surface area contributed by atoms with Gasteiger partial charge < -0.3 is 14.4 Å². The summed E-state index contributed by atoms with van der Waals surface area (Å²) >= 11 is 0. The highest BCUT2D eigenvalue weighted by Crippen LogP contribution is 2.37. The van der Waals surface area contributed by atoms with Gasteiger partial charge in [-0.05, 0) is 19.3 Å². The van der Waals surface area contributed by atoms with Crippen LogP contribution in [0, 0.1) is 0 Å². The molecule has 4 heteroatoms. The highest BCUT2D eigenvalue weighted by molar-refractivity contribution is 5.04. The van der Waals surface area contributed by atoms with E-state index in [9.17, 15) is 0 Å². The summed E-state index contributed by atoms with van der Waals surface area (Å²) in [5, 5.41) is 3.79. The van der Waals surface area contributed by atoms with E-state index in [2.05, 4.69) is 10.2 Å². The normalized spacial score (nSPS) is 36.0. The molecule has 3 aliphatic heterocycles. The Labute approximate surface area is 103 Å². The van der Waals surface area contributed by atoms with Gasteiger partial charge in [0.05, 0.1) is 25.4 Å². The summed E-state index contributed by atoms with van der Waals surface area (Å²) in [5.41, 5.74) is 0.216. The van der Waals surface area contributed by atoms with Crippen molar-refractivity contribution in [3.8, 4) is 0 Å². The molecule has 0 aromatic carbocycles. The summed E-state index contributed by atoms with van der Waals surface area (Å²) in [6, 6.07) is 0.900. The van der Waals surface area contributed by atoms with E-state index < -0.39 is 0 Å². The van der Waals surface area contributed by atoms with Crippen molar-refractivity contribution in [3.63, 3.8) is 0 Å². The molecule has 2 spiro atoms. The zero-order valence-electron chi connectivity index (χ0n) is 10.4. The second kappa shape index (κ2) is 3.67. The standard InChI is InChI=1S/C13H22N2O2/c1-2-11(1)15-6-3-13(4-7-15)14-12(5-8-17-13)9-16-10-12/h11,14H,1-10H2. The Hall–Kier alpha value is -0.160. The summed E-state index contributed by atoms with van der Waals surface area (Å²) in [5.74, 6) is 0. The first kappa shape index (κ1) is 10.7. The number of piperidine rings is 1. The second-order valence-corrected chi connectivity index (χ2v) is 6.26. The van der Waals surface area contributed by atoms with E-state index in [1.807, 2.05) is 0 Å². The first-order valence-electron chi connectivity index (χ1n) is 7.05. The maximum atomic E-state index is 6.09. The van der Waals surface area contributed by atoms with Crippen LogP contribution in [-0.4, -0.2) is 55.1 Å². The van der Waals surface area contributed by atoms with Crippen LogP contribution in [0.25, 0.3) is 0 Å². The van der Waals surface area contributed by atoms with E-state index in [4.69, 9.17) is 9.47 Å². The number of nitrogens with zero attached hydrogens (tertiary/aromatic N) is 1. The molecule has 1 aliphatic carbocycles. The number of hydrogen-bond acceptors (Lipinski definition) is 4. The summed E-state index contributed by atoms with van der Waals surface area (Å²) in [4.78, 5) is 2.65. The van der Waals surface area contributed by atoms with Gasteiger partial charge in [0, 0.05) is 32.0 Å². The van der Waals surface area contributed by atoms with Crippen molar-refractivity contribution in [1.29, 1.82) is 0 Å². The van der Waals surface area contributed by atoms with Crippen molar-refractivity contribution in [1.82, 2.24) is 10.2 Å². The van der Waals surface area contributed by atoms with E-state index >= 15 is 0 Å². The third kappa shape index (κ3) is 1.82. The molecule has 0 aromatic rings. The number of nitrogens with one attached hydrogen (secondary N) is 1. The summed E-state index contributed by atoms with van der Waals surface area (Å²) < 4.78 is 11.5. The third-order valence-corrected chi connectivity index (χ3v) is 4.88. The Morgan fingerprint density at radius 1 is 1.06 bits per heavy atom. The molecule has 0 atom stereocenters. The molecular weight excluding hydrogens is 216 g/mol. The SMILES string of the molecule is C1CC2(COC2)NC2(CCN(C3CC3)CC2)O1. The molecule has 4 rings (SSSR count). The Kier molecular flexibility index (Phi) is 2.32. The number of likely N-dealkylation sites (tertiary alicyclic amines) is 1. The van der Waals surface area contributed by atoms with Gasteiger partial charge >= 0.3 is 0 Å². The molecule has 4 aliphatic rings. The van der Waals surface area contributed by atoms with Gasteiger partial charge in [-0.3, -0.25) is 5.32 Å². The minimum Gasteiger partial charge on any atom is -0.377 e. The predicted octanol–water partition coefficient (Wildman–Crippen LogP) is 0.720. The molecule has 4 nitrogen and oxygen atoms in total. The largest absolute Gasteiger partial charge is 0.377 e. The van der Waals surface area contributed by atoms with Crippen LogP contribution in [0.3, 0.4) is 0 Å². The Balaban J connectivity index is 1.42. The topological polar surface area (TPSA) is 33.7 Å². The Morgan fingerprint density at radius 3 is 2.41 bits per heavy atom. The average molecular weight is 238 g/mol. The molecule has 0 bridgehead atoms. The minimum absolute atomic E-state index is 0.0343. The maximum absolute atomic E-state index is 6.09. The quantitative estimate of drug-likeness (QED) is 0.730. The predicted molar refractivity (Wildman–Crippen MR) is 63.8 cm³/mol. The fraction of sp³-hybridized carbons (Fsp3) is 1.00. The van der Waals surface area contributed by atoms with Crippen molar-refractivity contribution >= 4 is 0 Å². The molecule has 3 heterocycles. The molecular formula is C13H22N2O2. The van der Waals surface area contributed by atoms with E-state index in [0.29, 0.717) is 0 Å². The lowest BCUT2D eigenvalue weighted by molar-refractivity contribution is -0.210. The van der Waals surface area contributed by atoms with Gasteiger partial charge in [-0.25, -0.2) is 0 Å². The molecule has 96 valence electrons. The third-order valence-electron chi connectivity index (χ3n) is 4.88. The van der Waals surface area contributed by atoms with Crippen LogP contribution in [0.15, 0.2) is 0 Å². The van der Waals surface area contributed by atoms with Gasteiger partial charge in [0.25, 0.3) is 0 Å². The van der Waals surface area contributed by atoms with Crippen LogP contribution in [-0.2, 0) is 9.47 Å². The smallest absolute Gasteiger partial charge is 0.122 e. The molecule has 3 saturated heterocycles. The fourth-order valence-corrected chi connectivity index (χ4v) is 3.55. The lowest BCUT2D eigenvalue weighted by Gasteiger charge is -2.55. The van der Waals surface area contributed by atoms with E-state index in [1.54, 1.807) is 0 Å².